The first-order valence-electron chi connectivity index (χ1n) is 7.28. The van der Waals surface area contributed by atoms with Gasteiger partial charge in [0.15, 0.2) is 0 Å². The van der Waals surface area contributed by atoms with Gasteiger partial charge in [0, 0.05) is 6.54 Å². The summed E-state index contributed by atoms with van der Waals surface area (Å²) >= 11 is 0. The van der Waals surface area contributed by atoms with Crippen molar-refractivity contribution >= 4 is 15.9 Å². The highest BCUT2D eigenvalue weighted by molar-refractivity contribution is 7.93. The molecule has 0 aromatic carbocycles. The zero-order valence-electron chi connectivity index (χ0n) is 12.3. The molecule has 8 nitrogen and oxygen atoms in total. The van der Waals surface area contributed by atoms with Gasteiger partial charge in [-0.15, -0.1) is 0 Å². The van der Waals surface area contributed by atoms with Crippen molar-refractivity contribution in [2.75, 3.05) is 19.8 Å². The summed E-state index contributed by atoms with van der Waals surface area (Å²) in [7, 11) is -3.89. The van der Waals surface area contributed by atoms with Gasteiger partial charge in [-0.1, -0.05) is 18.2 Å². The van der Waals surface area contributed by atoms with Gasteiger partial charge < -0.3 is 9.47 Å². The molecule has 2 aliphatic heterocycles. The van der Waals surface area contributed by atoms with Crippen molar-refractivity contribution in [2.24, 2.45) is 0 Å². The van der Waals surface area contributed by atoms with Gasteiger partial charge in [0.2, 0.25) is 10.0 Å². The molecule has 23 heavy (non-hydrogen) atoms. The fourth-order valence-corrected chi connectivity index (χ4v) is 4.43. The molecule has 0 bridgehead atoms. The highest BCUT2D eigenvalue weighted by Gasteiger charge is 2.38. The van der Waals surface area contributed by atoms with Crippen LogP contribution in [0.2, 0.25) is 0 Å². The minimum Gasteiger partial charge on any atom is -0.369 e. The molecule has 3 rings (SSSR count). The summed E-state index contributed by atoms with van der Waals surface area (Å²) in [6.45, 7) is 0.939. The smallest absolute Gasteiger partial charge is 0.262 e. The first-order chi connectivity index (χ1) is 11.0. The van der Waals surface area contributed by atoms with Crippen LogP contribution in [-0.4, -0.2) is 61.8 Å². The average Bonchev–Trinajstić information content (AvgIpc) is 2.60. The van der Waals surface area contributed by atoms with Crippen molar-refractivity contribution in [3.8, 4) is 0 Å². The van der Waals surface area contributed by atoms with Gasteiger partial charge in [-0.05, 0) is 18.6 Å². The number of nitrogens with one attached hydrogen (secondary N) is 1. The van der Waals surface area contributed by atoms with E-state index in [-0.39, 0.29) is 24.0 Å². The van der Waals surface area contributed by atoms with E-state index in [2.05, 4.69) is 0 Å². The van der Waals surface area contributed by atoms with Gasteiger partial charge in [-0.3, -0.25) is 10.0 Å². The maximum atomic E-state index is 12.9. The molecule has 0 aromatic heterocycles. The normalized spacial score (nSPS) is 31.3. The van der Waals surface area contributed by atoms with E-state index in [0.29, 0.717) is 13.2 Å². The zero-order valence-corrected chi connectivity index (χ0v) is 13.1. The van der Waals surface area contributed by atoms with Crippen LogP contribution in [0.5, 0.6) is 0 Å². The maximum Gasteiger partial charge on any atom is 0.262 e. The minimum atomic E-state index is -3.89. The molecule has 3 aliphatic rings. The van der Waals surface area contributed by atoms with Gasteiger partial charge in [-0.25, -0.2) is 13.9 Å². The van der Waals surface area contributed by atoms with Crippen molar-refractivity contribution in [3.63, 3.8) is 0 Å². The lowest BCUT2D eigenvalue weighted by Crippen LogP contribution is -2.50. The monoisotopic (exact) mass is 342 g/mol. The lowest BCUT2D eigenvalue weighted by molar-refractivity contribution is -0.133. The van der Waals surface area contributed by atoms with Crippen LogP contribution >= 0.6 is 0 Å². The molecule has 2 N–H and O–H groups in total. The molecule has 0 spiro atoms. The molecule has 3 atom stereocenters. The number of amides is 1. The molecule has 1 amide bonds. The number of carbonyl (C=O) groups excluding carboxylic acids is 1. The average molecular weight is 342 g/mol. The second-order valence-electron chi connectivity index (χ2n) is 5.37. The molecule has 1 fully saturated rings. The highest BCUT2D eigenvalue weighted by Crippen LogP contribution is 2.28. The van der Waals surface area contributed by atoms with E-state index in [1.54, 1.807) is 18.2 Å². The number of fused-ring (bicyclic) bond motifs is 1. The third-order valence-corrected chi connectivity index (χ3v) is 5.87. The Kier molecular flexibility index (Phi) is 4.64. The number of rotatable bonds is 3. The number of allylic oxidation sites excluding steroid dienone is 1. The summed E-state index contributed by atoms with van der Waals surface area (Å²) in [5.74, 6) is -0.756. The maximum absolute atomic E-state index is 12.9. The first kappa shape index (κ1) is 16.3. The number of sulfonamides is 1. The lowest BCUT2D eigenvalue weighted by Gasteiger charge is -2.34. The molecule has 126 valence electrons. The van der Waals surface area contributed by atoms with Crippen LogP contribution < -0.4 is 5.48 Å². The Hall–Kier alpha value is -1.52. The van der Waals surface area contributed by atoms with Gasteiger partial charge in [-0.2, -0.15) is 4.31 Å². The Bertz CT molecular complexity index is 669. The summed E-state index contributed by atoms with van der Waals surface area (Å²) in [6, 6.07) is -0.981. The van der Waals surface area contributed by atoms with Crippen LogP contribution in [0.25, 0.3) is 0 Å². The summed E-state index contributed by atoms with van der Waals surface area (Å²) in [5, 5.41) is 8.82. The summed E-state index contributed by atoms with van der Waals surface area (Å²) < 4.78 is 37.8. The van der Waals surface area contributed by atoms with E-state index in [0.717, 1.165) is 4.31 Å². The van der Waals surface area contributed by atoms with Crippen molar-refractivity contribution in [1.82, 2.24) is 9.79 Å². The van der Waals surface area contributed by atoms with Gasteiger partial charge >= 0.3 is 0 Å². The molecule has 1 saturated heterocycles. The standard InChI is InChI=1S/C14H18N2O6S/c17-14(15-18)11-3-1-2-6-16(11)23(19,20)10-4-5-12-13(9-10)22-8-7-21-12/h1-2,4-5,9,11-13,18H,3,6-8H2,(H,15,17)/t11?,12?,13-/m1/s1. The van der Waals surface area contributed by atoms with Crippen LogP contribution in [0.4, 0.5) is 0 Å². The molecular formula is C14H18N2O6S. The van der Waals surface area contributed by atoms with Crippen LogP contribution in [-0.2, 0) is 24.3 Å². The van der Waals surface area contributed by atoms with Gasteiger partial charge in [0.1, 0.15) is 18.2 Å². The van der Waals surface area contributed by atoms with Crippen LogP contribution in [0.3, 0.4) is 0 Å². The second kappa shape index (κ2) is 6.54. The zero-order chi connectivity index (χ0) is 16.4. The van der Waals surface area contributed by atoms with E-state index >= 15 is 0 Å². The quantitative estimate of drug-likeness (QED) is 0.414. The van der Waals surface area contributed by atoms with E-state index < -0.39 is 28.1 Å². The van der Waals surface area contributed by atoms with E-state index in [4.69, 9.17) is 14.7 Å². The molecule has 0 radical (unpaired) electrons. The molecule has 2 unspecified atom stereocenters. The number of ether oxygens (including phenoxy) is 2. The SMILES string of the molecule is O=C(NO)C1CC=CCN1S(=O)(=O)C1=C[C@H]2OCCOC2C=C1. The molecular weight excluding hydrogens is 324 g/mol. The van der Waals surface area contributed by atoms with Gasteiger partial charge in [0.05, 0.1) is 18.1 Å². The molecule has 2 heterocycles. The Morgan fingerprint density at radius 3 is 2.74 bits per heavy atom. The lowest BCUT2D eigenvalue weighted by atomic mass is 10.1. The third kappa shape index (κ3) is 3.10. The second-order valence-corrected chi connectivity index (χ2v) is 7.26. The number of hydrogen-bond donors (Lipinski definition) is 2. The van der Waals surface area contributed by atoms with E-state index in [1.807, 2.05) is 0 Å². The largest absolute Gasteiger partial charge is 0.369 e. The number of nitrogens with zero attached hydrogens (tertiary/aromatic N) is 1. The Labute approximate surface area is 134 Å². The predicted octanol–water partition coefficient (Wildman–Crippen LogP) is -0.310. The molecule has 1 aliphatic carbocycles. The first-order valence-corrected chi connectivity index (χ1v) is 8.72. The number of hydroxylamine groups is 1. The van der Waals surface area contributed by atoms with E-state index in [9.17, 15) is 13.2 Å². The van der Waals surface area contributed by atoms with Crippen LogP contribution in [0.15, 0.2) is 35.3 Å². The number of hydrogen-bond acceptors (Lipinski definition) is 6. The Balaban J connectivity index is 1.88. The Morgan fingerprint density at radius 2 is 2.00 bits per heavy atom. The van der Waals surface area contributed by atoms with Crippen LogP contribution in [0, 0.1) is 0 Å². The number of carbonyl (C=O) groups is 1. The van der Waals surface area contributed by atoms with Gasteiger partial charge in [0.25, 0.3) is 5.91 Å². The summed E-state index contributed by atoms with van der Waals surface area (Å²) in [4.78, 5) is 11.8. The topological polar surface area (TPSA) is 105 Å². The van der Waals surface area contributed by atoms with Crippen LogP contribution in [0.1, 0.15) is 6.42 Å². The van der Waals surface area contributed by atoms with Crippen molar-refractivity contribution in [2.45, 2.75) is 24.7 Å². The van der Waals surface area contributed by atoms with Crippen molar-refractivity contribution < 1.29 is 27.9 Å². The summed E-state index contributed by atoms with van der Waals surface area (Å²) in [6.07, 6.45) is 7.47. The molecule has 9 heteroatoms. The van der Waals surface area contributed by atoms with E-state index in [1.165, 1.54) is 17.6 Å². The predicted molar refractivity (Wildman–Crippen MR) is 79.8 cm³/mol. The van der Waals surface area contributed by atoms with Crippen molar-refractivity contribution in [1.29, 1.82) is 0 Å². The molecule has 0 saturated carbocycles. The fourth-order valence-electron chi connectivity index (χ4n) is 2.81. The fraction of sp³-hybridized carbons (Fsp3) is 0.500. The van der Waals surface area contributed by atoms with Crippen molar-refractivity contribution in [3.05, 3.63) is 35.3 Å². The highest BCUT2D eigenvalue weighted by atomic mass is 32.2. The summed E-state index contributed by atoms with van der Waals surface area (Å²) in [5.41, 5.74) is 1.52. The third-order valence-electron chi connectivity index (χ3n) is 3.98. The Morgan fingerprint density at radius 1 is 1.26 bits per heavy atom. The minimum absolute atomic E-state index is 0.0651. The molecule has 0 aromatic rings.